The summed E-state index contributed by atoms with van der Waals surface area (Å²) in [6.07, 6.45) is -4.65. The van der Waals surface area contributed by atoms with Crippen LogP contribution in [0, 0.1) is 0 Å². The van der Waals surface area contributed by atoms with Crippen LogP contribution in [0.2, 0.25) is 0 Å². The second kappa shape index (κ2) is 8.51. The number of nitrogens with one attached hydrogen (secondary N) is 1. The first-order chi connectivity index (χ1) is 12.3. The number of ketones is 1. The molecule has 2 rings (SSSR count). The summed E-state index contributed by atoms with van der Waals surface area (Å²) in [5.41, 5.74) is -0.362. The van der Waals surface area contributed by atoms with E-state index in [2.05, 4.69) is 5.32 Å². The van der Waals surface area contributed by atoms with Gasteiger partial charge in [0.25, 0.3) is 0 Å². The smallest absolute Gasteiger partial charge is 0.416 e. The van der Waals surface area contributed by atoms with Crippen LogP contribution in [0.4, 0.5) is 18.9 Å². The molecule has 138 valence electrons. The van der Waals surface area contributed by atoms with Crippen molar-refractivity contribution >= 4 is 17.4 Å². The van der Waals surface area contributed by atoms with Gasteiger partial charge in [0.1, 0.15) is 5.75 Å². The molecule has 0 spiro atoms. The van der Waals surface area contributed by atoms with Crippen LogP contribution in [-0.4, -0.2) is 18.3 Å². The van der Waals surface area contributed by atoms with Crippen molar-refractivity contribution in [3.05, 3.63) is 59.7 Å². The minimum absolute atomic E-state index is 0.0401. The van der Waals surface area contributed by atoms with E-state index in [1.54, 1.807) is 24.3 Å². The number of hydrogen-bond donors (Lipinski definition) is 1. The van der Waals surface area contributed by atoms with Crippen LogP contribution >= 0.6 is 0 Å². The van der Waals surface area contributed by atoms with Gasteiger partial charge in [-0.3, -0.25) is 9.59 Å². The third kappa shape index (κ3) is 5.61. The third-order valence-corrected chi connectivity index (χ3v) is 3.54. The van der Waals surface area contributed by atoms with Crippen molar-refractivity contribution in [1.82, 2.24) is 0 Å². The van der Waals surface area contributed by atoms with E-state index in [9.17, 15) is 22.8 Å². The first-order valence-corrected chi connectivity index (χ1v) is 8.02. The van der Waals surface area contributed by atoms with E-state index >= 15 is 0 Å². The zero-order valence-corrected chi connectivity index (χ0v) is 14.1. The Labute approximate surface area is 149 Å². The van der Waals surface area contributed by atoms with Gasteiger partial charge in [-0.2, -0.15) is 13.2 Å². The van der Waals surface area contributed by atoms with Gasteiger partial charge in [-0.05, 0) is 49.4 Å². The summed E-state index contributed by atoms with van der Waals surface area (Å²) in [6.45, 7) is 2.37. The Morgan fingerprint density at radius 2 is 1.73 bits per heavy atom. The van der Waals surface area contributed by atoms with Crippen LogP contribution in [0.25, 0.3) is 0 Å². The Balaban J connectivity index is 1.89. The summed E-state index contributed by atoms with van der Waals surface area (Å²) in [4.78, 5) is 24.0. The molecule has 26 heavy (non-hydrogen) atoms. The molecule has 0 aliphatic heterocycles. The number of Topliss-reactive ketones (excluding diaryl/α,β-unsaturated/α-hetero) is 1. The van der Waals surface area contributed by atoms with Gasteiger partial charge in [0.2, 0.25) is 5.91 Å². The molecule has 0 atom stereocenters. The molecule has 2 aromatic rings. The summed E-state index contributed by atoms with van der Waals surface area (Å²) >= 11 is 0. The molecule has 0 radical (unpaired) electrons. The highest BCUT2D eigenvalue weighted by atomic mass is 19.4. The number of carbonyl (C=O) groups is 2. The molecule has 0 aromatic heterocycles. The summed E-state index contributed by atoms with van der Waals surface area (Å²) in [5, 5.41) is 2.38. The monoisotopic (exact) mass is 365 g/mol. The third-order valence-electron chi connectivity index (χ3n) is 3.54. The Morgan fingerprint density at radius 3 is 2.35 bits per heavy atom. The fraction of sp³-hybridized carbons (Fsp3) is 0.263. The van der Waals surface area contributed by atoms with E-state index < -0.39 is 17.6 Å². The molecule has 1 N–H and O–H groups in total. The summed E-state index contributed by atoms with van der Waals surface area (Å²) < 4.78 is 43.3. The number of alkyl halides is 3. The molecule has 4 nitrogen and oxygen atoms in total. The molecule has 0 saturated carbocycles. The number of anilines is 1. The SMILES string of the molecule is CCOc1ccc(C(=O)CCC(=O)Nc2cccc(C(F)(F)F)c2)cc1. The predicted octanol–water partition coefficient (Wildman–Crippen LogP) is 4.71. The number of ether oxygens (including phenoxy) is 1. The fourth-order valence-corrected chi connectivity index (χ4v) is 2.27. The van der Waals surface area contributed by atoms with Crippen molar-refractivity contribution in [2.75, 3.05) is 11.9 Å². The maximum Gasteiger partial charge on any atom is 0.416 e. The molecule has 2 aromatic carbocycles. The number of amides is 1. The van der Waals surface area contributed by atoms with Gasteiger partial charge < -0.3 is 10.1 Å². The number of benzene rings is 2. The number of halogens is 3. The maximum atomic E-state index is 12.7. The lowest BCUT2D eigenvalue weighted by Gasteiger charge is -2.10. The van der Waals surface area contributed by atoms with Crippen LogP contribution in [0.15, 0.2) is 48.5 Å². The lowest BCUT2D eigenvalue weighted by atomic mass is 10.1. The highest BCUT2D eigenvalue weighted by Crippen LogP contribution is 2.30. The van der Waals surface area contributed by atoms with Crippen molar-refractivity contribution in [2.24, 2.45) is 0 Å². The van der Waals surface area contributed by atoms with Crippen LogP contribution in [-0.2, 0) is 11.0 Å². The van der Waals surface area contributed by atoms with Gasteiger partial charge in [-0.25, -0.2) is 0 Å². The van der Waals surface area contributed by atoms with Gasteiger partial charge >= 0.3 is 6.18 Å². The number of carbonyl (C=O) groups excluding carboxylic acids is 2. The van der Waals surface area contributed by atoms with Gasteiger partial charge in [-0.15, -0.1) is 0 Å². The Morgan fingerprint density at radius 1 is 1.04 bits per heavy atom. The average molecular weight is 365 g/mol. The van der Waals surface area contributed by atoms with E-state index in [0.29, 0.717) is 17.9 Å². The van der Waals surface area contributed by atoms with Gasteiger partial charge in [0, 0.05) is 24.1 Å². The van der Waals surface area contributed by atoms with E-state index in [1.165, 1.54) is 12.1 Å². The molecular weight excluding hydrogens is 347 g/mol. The van der Waals surface area contributed by atoms with E-state index in [0.717, 1.165) is 12.1 Å². The van der Waals surface area contributed by atoms with Crippen molar-refractivity contribution in [2.45, 2.75) is 25.9 Å². The Bertz CT molecular complexity index is 770. The first-order valence-electron chi connectivity index (χ1n) is 8.02. The molecule has 1 amide bonds. The number of hydrogen-bond acceptors (Lipinski definition) is 3. The summed E-state index contributed by atoms with van der Waals surface area (Å²) in [5.74, 6) is -0.109. The minimum atomic E-state index is -4.48. The Hall–Kier alpha value is -2.83. The largest absolute Gasteiger partial charge is 0.494 e. The quantitative estimate of drug-likeness (QED) is 0.723. The van der Waals surface area contributed by atoms with Crippen LogP contribution < -0.4 is 10.1 Å². The van der Waals surface area contributed by atoms with Gasteiger partial charge in [0.15, 0.2) is 5.78 Å². The van der Waals surface area contributed by atoms with E-state index in [-0.39, 0.29) is 24.3 Å². The van der Waals surface area contributed by atoms with E-state index in [4.69, 9.17) is 4.74 Å². The highest BCUT2D eigenvalue weighted by molar-refractivity contribution is 6.00. The van der Waals surface area contributed by atoms with Crippen molar-refractivity contribution < 1.29 is 27.5 Å². The zero-order valence-electron chi connectivity index (χ0n) is 14.1. The van der Waals surface area contributed by atoms with Crippen LogP contribution in [0.5, 0.6) is 5.75 Å². The second-order valence-electron chi connectivity index (χ2n) is 5.51. The molecule has 0 aliphatic rings. The molecule has 7 heteroatoms. The molecule has 0 fully saturated rings. The standard InChI is InChI=1S/C19H18F3NO3/c1-2-26-16-8-6-13(7-9-16)17(24)10-11-18(25)23-15-5-3-4-14(12-15)19(20,21)22/h3-9,12H,2,10-11H2,1H3,(H,23,25). The van der Waals surface area contributed by atoms with Crippen molar-refractivity contribution in [1.29, 1.82) is 0 Å². The van der Waals surface area contributed by atoms with Gasteiger partial charge in [-0.1, -0.05) is 6.07 Å². The average Bonchev–Trinajstić information content (AvgIpc) is 2.60. The summed E-state index contributed by atoms with van der Waals surface area (Å²) in [7, 11) is 0. The van der Waals surface area contributed by atoms with Crippen molar-refractivity contribution in [3.63, 3.8) is 0 Å². The predicted molar refractivity (Wildman–Crippen MR) is 91.2 cm³/mol. The molecule has 0 heterocycles. The normalized spacial score (nSPS) is 11.1. The molecule has 0 bridgehead atoms. The molecular formula is C19H18F3NO3. The molecule has 0 saturated heterocycles. The highest BCUT2D eigenvalue weighted by Gasteiger charge is 2.30. The van der Waals surface area contributed by atoms with Gasteiger partial charge in [0.05, 0.1) is 12.2 Å². The maximum absolute atomic E-state index is 12.7. The van der Waals surface area contributed by atoms with Crippen LogP contribution in [0.1, 0.15) is 35.7 Å². The van der Waals surface area contributed by atoms with E-state index in [1.807, 2.05) is 6.92 Å². The second-order valence-corrected chi connectivity index (χ2v) is 5.51. The lowest BCUT2D eigenvalue weighted by Crippen LogP contribution is -2.14. The minimum Gasteiger partial charge on any atom is -0.494 e. The fourth-order valence-electron chi connectivity index (χ4n) is 2.27. The molecule has 0 unspecified atom stereocenters. The topological polar surface area (TPSA) is 55.4 Å². The zero-order chi connectivity index (χ0) is 19.2. The van der Waals surface area contributed by atoms with Crippen LogP contribution in [0.3, 0.4) is 0 Å². The van der Waals surface area contributed by atoms with Crippen molar-refractivity contribution in [3.8, 4) is 5.75 Å². The summed E-state index contributed by atoms with van der Waals surface area (Å²) in [6, 6.07) is 10.9. The Kier molecular flexibility index (Phi) is 6.38. The lowest BCUT2D eigenvalue weighted by molar-refractivity contribution is -0.137. The first kappa shape index (κ1) is 19.5. The molecule has 0 aliphatic carbocycles. The number of rotatable bonds is 7.